The second-order valence-corrected chi connectivity index (χ2v) is 9.86. The molecule has 39 heavy (non-hydrogen) atoms. The fraction of sp³-hybridized carbons (Fsp3) is 0.208. The van der Waals surface area contributed by atoms with Crippen LogP contribution in [0.25, 0.3) is 0 Å². The molecule has 0 fully saturated rings. The summed E-state index contributed by atoms with van der Waals surface area (Å²) in [6.07, 6.45) is -2.83. The second kappa shape index (κ2) is 11.5. The van der Waals surface area contributed by atoms with Crippen LogP contribution in [0.1, 0.15) is 17.5 Å². The zero-order valence-electron chi connectivity index (χ0n) is 20.0. The van der Waals surface area contributed by atoms with Crippen molar-refractivity contribution in [1.82, 2.24) is 20.0 Å². The van der Waals surface area contributed by atoms with Crippen LogP contribution >= 0.6 is 0 Å². The van der Waals surface area contributed by atoms with Crippen molar-refractivity contribution < 1.29 is 30.8 Å². The number of alkyl halides is 3. The van der Waals surface area contributed by atoms with Gasteiger partial charge in [0.2, 0.25) is 16.0 Å². The van der Waals surface area contributed by atoms with Crippen molar-refractivity contribution in [3.63, 3.8) is 0 Å². The molecule has 0 aliphatic carbocycles. The van der Waals surface area contributed by atoms with Crippen LogP contribution in [0, 0.1) is 17.7 Å². The van der Waals surface area contributed by atoms with E-state index < -0.39 is 39.3 Å². The third-order valence-corrected chi connectivity index (χ3v) is 6.69. The fourth-order valence-electron chi connectivity index (χ4n) is 3.35. The maximum absolute atomic E-state index is 13.8. The number of anilines is 4. The van der Waals surface area contributed by atoms with Gasteiger partial charge in [0.15, 0.2) is 0 Å². The van der Waals surface area contributed by atoms with E-state index in [4.69, 9.17) is 0 Å². The number of carbonyl (C=O) groups is 1. The summed E-state index contributed by atoms with van der Waals surface area (Å²) in [6, 6.07) is 6.89. The Hall–Kier alpha value is -4.42. The Morgan fingerprint density at radius 2 is 1.95 bits per heavy atom. The Kier molecular flexibility index (Phi) is 8.17. The molecule has 5 N–H and O–H groups in total. The van der Waals surface area contributed by atoms with E-state index in [1.165, 1.54) is 18.3 Å². The highest BCUT2D eigenvalue weighted by atomic mass is 32.2. The van der Waals surface area contributed by atoms with Gasteiger partial charge in [-0.1, -0.05) is 17.9 Å². The van der Waals surface area contributed by atoms with Crippen molar-refractivity contribution in [3.05, 3.63) is 65.6 Å². The highest BCUT2D eigenvalue weighted by molar-refractivity contribution is 7.89. The van der Waals surface area contributed by atoms with Crippen LogP contribution in [0.3, 0.4) is 0 Å². The van der Waals surface area contributed by atoms with Gasteiger partial charge in [-0.05, 0) is 42.8 Å². The van der Waals surface area contributed by atoms with Gasteiger partial charge in [-0.25, -0.2) is 27.3 Å². The van der Waals surface area contributed by atoms with Gasteiger partial charge in [-0.3, -0.25) is 0 Å². The van der Waals surface area contributed by atoms with Gasteiger partial charge in [0.1, 0.15) is 11.6 Å². The maximum atomic E-state index is 13.8. The highest BCUT2D eigenvalue weighted by Gasteiger charge is 2.31. The Morgan fingerprint density at radius 1 is 1.13 bits per heavy atom. The average Bonchev–Trinajstić information content (AvgIpc) is 2.88. The van der Waals surface area contributed by atoms with E-state index in [0.717, 1.165) is 0 Å². The molecule has 2 amide bonds. The van der Waals surface area contributed by atoms with Gasteiger partial charge in [0.05, 0.1) is 34.5 Å². The van der Waals surface area contributed by atoms with Crippen LogP contribution < -0.4 is 26.0 Å². The number of carbonyl (C=O) groups excluding carboxylic acids is 1. The molecule has 1 aliphatic rings. The van der Waals surface area contributed by atoms with E-state index in [2.05, 4.69) is 42.5 Å². The van der Waals surface area contributed by atoms with Crippen LogP contribution in [0.4, 0.5) is 45.5 Å². The van der Waals surface area contributed by atoms with Gasteiger partial charge in [-0.2, -0.15) is 18.2 Å². The third-order valence-electron chi connectivity index (χ3n) is 5.23. The summed E-state index contributed by atoms with van der Waals surface area (Å²) < 4.78 is 79.8. The number of nitrogens with zero attached hydrogens (tertiary/aromatic N) is 2. The zero-order chi connectivity index (χ0) is 28.0. The summed E-state index contributed by atoms with van der Waals surface area (Å²) in [6.45, 7) is 0.312. The summed E-state index contributed by atoms with van der Waals surface area (Å²) in [4.78, 5) is 20.7. The minimum Gasteiger partial charge on any atom is -0.369 e. The number of fused-ring (bicyclic) bond motifs is 4. The Labute approximate surface area is 220 Å². The topological polar surface area (TPSA) is 137 Å². The number of urea groups is 1. The van der Waals surface area contributed by atoms with Crippen molar-refractivity contribution >= 4 is 39.2 Å². The van der Waals surface area contributed by atoms with Crippen molar-refractivity contribution in [2.45, 2.75) is 17.5 Å². The van der Waals surface area contributed by atoms with E-state index in [9.17, 15) is 30.8 Å². The lowest BCUT2D eigenvalue weighted by atomic mass is 10.2. The largest absolute Gasteiger partial charge is 0.416 e. The summed E-state index contributed by atoms with van der Waals surface area (Å²) in [5.74, 6) is 4.97. The molecule has 3 aromatic rings. The van der Waals surface area contributed by atoms with Crippen LogP contribution in [-0.4, -0.2) is 44.1 Å². The van der Waals surface area contributed by atoms with Crippen LogP contribution in [0.2, 0.25) is 0 Å². The minimum absolute atomic E-state index is 0.0924. The summed E-state index contributed by atoms with van der Waals surface area (Å²) in [5.41, 5.74) is -0.913. The summed E-state index contributed by atoms with van der Waals surface area (Å²) in [7, 11) is -3.69. The monoisotopic (exact) mass is 563 g/mol. The molecule has 1 aromatic heterocycles. The van der Waals surface area contributed by atoms with Gasteiger partial charge in [-0.15, -0.1) is 0 Å². The lowest BCUT2D eigenvalue weighted by Gasteiger charge is -2.11. The van der Waals surface area contributed by atoms with E-state index in [1.54, 1.807) is 12.1 Å². The normalized spacial score (nSPS) is 14.6. The fourth-order valence-corrected chi connectivity index (χ4v) is 4.47. The number of benzene rings is 2. The minimum atomic E-state index is -4.70. The molecule has 0 unspecified atom stereocenters. The molecule has 204 valence electrons. The molecule has 0 radical (unpaired) electrons. The third kappa shape index (κ3) is 7.33. The zero-order valence-corrected chi connectivity index (χ0v) is 20.8. The maximum Gasteiger partial charge on any atom is 0.416 e. The Morgan fingerprint density at radius 3 is 2.74 bits per heavy atom. The molecular weight excluding hydrogens is 542 g/mol. The number of rotatable bonds is 2. The van der Waals surface area contributed by atoms with Gasteiger partial charge < -0.3 is 21.3 Å². The van der Waals surface area contributed by atoms with E-state index in [0.29, 0.717) is 48.2 Å². The van der Waals surface area contributed by atoms with Crippen LogP contribution in [-0.2, 0) is 16.2 Å². The number of nitrogens with one attached hydrogen (secondary N) is 5. The highest BCUT2D eigenvalue weighted by Crippen LogP contribution is 2.31. The Balaban J connectivity index is 1.44. The molecular formula is C24H21F4N7O3S. The van der Waals surface area contributed by atoms with Gasteiger partial charge >= 0.3 is 12.2 Å². The van der Waals surface area contributed by atoms with Gasteiger partial charge in [0, 0.05) is 18.8 Å². The Bertz CT molecular complexity index is 1550. The molecule has 1 aliphatic heterocycles. The molecule has 0 saturated carbocycles. The first-order chi connectivity index (χ1) is 18.5. The molecule has 15 heteroatoms. The van der Waals surface area contributed by atoms with Crippen molar-refractivity contribution in [3.8, 4) is 11.8 Å². The second-order valence-electron chi connectivity index (χ2n) is 8.09. The number of amides is 2. The first kappa shape index (κ1) is 27.6. The number of hydrogen-bond acceptors (Lipinski definition) is 7. The van der Waals surface area contributed by atoms with E-state index in [1.807, 2.05) is 5.32 Å². The number of sulfonamides is 1. The van der Waals surface area contributed by atoms with Crippen molar-refractivity contribution in [2.75, 3.05) is 35.6 Å². The molecule has 4 bridgehead atoms. The predicted molar refractivity (Wildman–Crippen MR) is 135 cm³/mol. The first-order valence-electron chi connectivity index (χ1n) is 11.4. The molecule has 0 saturated heterocycles. The predicted octanol–water partition coefficient (Wildman–Crippen LogP) is 3.65. The standard InChI is InChI=1S/C24H21F4N7O3S/c25-19-8-7-16(24(26,27)28)12-20(19)34-23(36)30-9-2-4-15-14-31-22-33-17-5-1-6-18(13-17)39(37,38)32-11-3-10-29-21(15)35-22/h1,5-8,12-14,32H,3,9-11H2,(H2,30,34,36)(H2,29,31,33,35). The molecule has 10 nitrogen and oxygen atoms in total. The number of halogens is 4. The molecule has 0 atom stereocenters. The lowest BCUT2D eigenvalue weighted by molar-refractivity contribution is -0.137. The van der Waals surface area contributed by atoms with Gasteiger partial charge in [0.25, 0.3) is 0 Å². The number of aromatic nitrogens is 2. The molecule has 2 aromatic carbocycles. The molecule has 0 spiro atoms. The van der Waals surface area contributed by atoms with Crippen molar-refractivity contribution in [1.29, 1.82) is 0 Å². The smallest absolute Gasteiger partial charge is 0.369 e. The van der Waals surface area contributed by atoms with Crippen molar-refractivity contribution in [2.24, 2.45) is 0 Å². The SMILES string of the molecule is O=C(NCC#Cc1cnc2nc1NCCCNS(=O)(=O)c1cccc(c1)N2)Nc1cc(C(F)(F)F)ccc1F. The van der Waals surface area contributed by atoms with E-state index >= 15 is 0 Å². The van der Waals surface area contributed by atoms with E-state index in [-0.39, 0.29) is 23.9 Å². The molecule has 2 heterocycles. The first-order valence-corrected chi connectivity index (χ1v) is 12.9. The number of hydrogen-bond donors (Lipinski definition) is 5. The van der Waals surface area contributed by atoms with Crippen LogP contribution in [0.15, 0.2) is 53.6 Å². The summed E-state index contributed by atoms with van der Waals surface area (Å²) >= 11 is 0. The summed E-state index contributed by atoms with van der Waals surface area (Å²) in [5, 5.41) is 10.4. The molecule has 4 rings (SSSR count). The lowest BCUT2D eigenvalue weighted by Crippen LogP contribution is -2.29. The average molecular weight is 564 g/mol. The quantitative estimate of drug-likeness (QED) is 0.237. The van der Waals surface area contributed by atoms with Crippen LogP contribution in [0.5, 0.6) is 0 Å².